The third-order valence-electron chi connectivity index (χ3n) is 2.09. The predicted molar refractivity (Wildman–Crippen MR) is 58.3 cm³/mol. The van der Waals surface area contributed by atoms with E-state index in [-0.39, 0.29) is 24.5 Å². The zero-order valence-electron chi connectivity index (χ0n) is 9.91. The Morgan fingerprint density at radius 2 is 2.07 bits per heavy atom. The average molecular weight is 218 g/mol. The van der Waals surface area contributed by atoms with Gasteiger partial charge < -0.3 is 20.9 Å². The number of rotatable bonds is 5. The van der Waals surface area contributed by atoms with E-state index in [2.05, 4.69) is 5.32 Å². The fourth-order valence-electron chi connectivity index (χ4n) is 0.973. The topological polar surface area (TPSA) is 84.6 Å². The molecule has 5 nitrogen and oxygen atoms in total. The van der Waals surface area contributed by atoms with Crippen LogP contribution >= 0.6 is 0 Å². The molecule has 0 radical (unpaired) electrons. The molecule has 1 amide bonds. The second-order valence-corrected chi connectivity index (χ2v) is 4.70. The molecule has 0 heterocycles. The molecular formula is C10H22N2O3. The van der Waals surface area contributed by atoms with E-state index in [0.29, 0.717) is 0 Å². The Balaban J connectivity index is 3.94. The molecule has 0 aliphatic rings. The molecule has 0 saturated heterocycles. The van der Waals surface area contributed by atoms with E-state index >= 15 is 0 Å². The number of methoxy groups -OCH3 is 1. The van der Waals surface area contributed by atoms with E-state index in [9.17, 15) is 9.90 Å². The molecule has 0 aromatic rings. The average Bonchev–Trinajstić information content (AvgIpc) is 2.12. The van der Waals surface area contributed by atoms with Gasteiger partial charge >= 0.3 is 0 Å². The number of nitrogens with two attached hydrogens (primary N) is 1. The van der Waals surface area contributed by atoms with E-state index in [1.807, 2.05) is 20.8 Å². The van der Waals surface area contributed by atoms with Crippen molar-refractivity contribution in [3.8, 4) is 0 Å². The van der Waals surface area contributed by atoms with Crippen molar-refractivity contribution in [3.63, 3.8) is 0 Å². The highest BCUT2D eigenvalue weighted by Crippen LogP contribution is 2.16. The van der Waals surface area contributed by atoms with Gasteiger partial charge in [0.1, 0.15) is 0 Å². The molecule has 90 valence electrons. The van der Waals surface area contributed by atoms with Crippen molar-refractivity contribution in [2.45, 2.75) is 32.9 Å². The lowest BCUT2D eigenvalue weighted by atomic mass is 9.87. The van der Waals surface area contributed by atoms with Crippen molar-refractivity contribution in [3.05, 3.63) is 0 Å². The quantitative estimate of drug-likeness (QED) is 0.580. The monoisotopic (exact) mass is 218 g/mol. The van der Waals surface area contributed by atoms with Crippen LogP contribution in [0.4, 0.5) is 0 Å². The highest BCUT2D eigenvalue weighted by atomic mass is 16.5. The van der Waals surface area contributed by atoms with Crippen molar-refractivity contribution in [1.82, 2.24) is 5.32 Å². The number of aliphatic hydroxyl groups is 1. The number of hydrogen-bond donors (Lipinski definition) is 3. The maximum Gasteiger partial charge on any atom is 0.237 e. The summed E-state index contributed by atoms with van der Waals surface area (Å²) in [4.78, 5) is 11.5. The highest BCUT2D eigenvalue weighted by Gasteiger charge is 2.27. The van der Waals surface area contributed by atoms with Crippen molar-refractivity contribution >= 4 is 5.91 Å². The van der Waals surface area contributed by atoms with Gasteiger partial charge in [0.15, 0.2) is 0 Å². The molecule has 1 unspecified atom stereocenters. The molecule has 0 rings (SSSR count). The van der Waals surface area contributed by atoms with Gasteiger partial charge in [-0.15, -0.1) is 0 Å². The molecule has 15 heavy (non-hydrogen) atoms. The third kappa shape index (κ3) is 5.71. The van der Waals surface area contributed by atoms with E-state index in [0.717, 1.165) is 0 Å². The van der Waals surface area contributed by atoms with E-state index in [4.69, 9.17) is 10.5 Å². The lowest BCUT2D eigenvalue weighted by Gasteiger charge is -2.26. The largest absolute Gasteiger partial charge is 0.389 e. The van der Waals surface area contributed by atoms with Gasteiger partial charge in [-0.1, -0.05) is 20.8 Å². The summed E-state index contributed by atoms with van der Waals surface area (Å²) in [5.74, 6) is -0.252. The Morgan fingerprint density at radius 1 is 1.53 bits per heavy atom. The summed E-state index contributed by atoms with van der Waals surface area (Å²) in [5, 5.41) is 11.9. The molecule has 0 spiro atoms. The summed E-state index contributed by atoms with van der Waals surface area (Å²) >= 11 is 0. The zero-order valence-corrected chi connectivity index (χ0v) is 9.91. The Kier molecular flexibility index (Phi) is 5.79. The number of carbonyl (C=O) groups excluding carboxylic acids is 1. The van der Waals surface area contributed by atoms with Crippen LogP contribution in [0.2, 0.25) is 0 Å². The Morgan fingerprint density at radius 3 is 2.47 bits per heavy atom. The Bertz CT molecular complexity index is 201. The summed E-state index contributed by atoms with van der Waals surface area (Å²) in [6.45, 7) is 6.04. The zero-order chi connectivity index (χ0) is 12.1. The number of amides is 1. The minimum absolute atomic E-state index is 0.163. The number of nitrogens with one attached hydrogen (secondary N) is 1. The van der Waals surface area contributed by atoms with Crippen LogP contribution in [-0.4, -0.2) is 43.4 Å². The summed E-state index contributed by atoms with van der Waals surface area (Å²) in [7, 11) is 1.49. The summed E-state index contributed by atoms with van der Waals surface area (Å²) in [6.07, 6.45) is -0.689. The first-order valence-corrected chi connectivity index (χ1v) is 4.99. The Hall–Kier alpha value is -0.650. The van der Waals surface area contributed by atoms with Gasteiger partial charge in [0, 0.05) is 13.7 Å². The maximum atomic E-state index is 11.5. The van der Waals surface area contributed by atoms with Crippen molar-refractivity contribution in [2.75, 3.05) is 20.3 Å². The molecule has 4 N–H and O–H groups in total. The van der Waals surface area contributed by atoms with Gasteiger partial charge in [-0.3, -0.25) is 4.79 Å². The van der Waals surface area contributed by atoms with Crippen molar-refractivity contribution in [1.29, 1.82) is 0 Å². The van der Waals surface area contributed by atoms with Gasteiger partial charge in [0.2, 0.25) is 5.91 Å². The molecule has 0 aromatic carbocycles. The first kappa shape index (κ1) is 14.3. The maximum absolute atomic E-state index is 11.5. The molecule has 5 heteroatoms. The van der Waals surface area contributed by atoms with Crippen LogP contribution in [0.5, 0.6) is 0 Å². The smallest absolute Gasteiger partial charge is 0.237 e. The third-order valence-corrected chi connectivity index (χ3v) is 2.09. The van der Waals surface area contributed by atoms with Gasteiger partial charge in [0.25, 0.3) is 0 Å². The van der Waals surface area contributed by atoms with E-state index in [1.54, 1.807) is 0 Å². The summed E-state index contributed by atoms with van der Waals surface area (Å²) < 4.78 is 4.73. The van der Waals surface area contributed by atoms with E-state index < -0.39 is 12.1 Å². The van der Waals surface area contributed by atoms with Gasteiger partial charge in [-0.25, -0.2) is 0 Å². The van der Waals surface area contributed by atoms with Crippen LogP contribution in [0.1, 0.15) is 20.8 Å². The number of carbonyl (C=O) groups is 1. The van der Waals surface area contributed by atoms with Gasteiger partial charge in [-0.05, 0) is 5.41 Å². The van der Waals surface area contributed by atoms with Gasteiger partial charge in [-0.2, -0.15) is 0 Å². The predicted octanol–water partition coefficient (Wildman–Crippen LogP) is -0.517. The van der Waals surface area contributed by atoms with Crippen molar-refractivity contribution in [2.24, 2.45) is 11.1 Å². The lowest BCUT2D eigenvalue weighted by molar-refractivity contribution is -0.125. The van der Waals surface area contributed by atoms with Gasteiger partial charge in [0.05, 0.1) is 18.8 Å². The molecular weight excluding hydrogens is 196 g/mol. The molecule has 2 atom stereocenters. The lowest BCUT2D eigenvalue weighted by Crippen LogP contribution is -2.50. The molecule has 0 aliphatic carbocycles. The minimum atomic E-state index is -0.689. The second-order valence-electron chi connectivity index (χ2n) is 4.70. The molecule has 0 aromatic heterocycles. The highest BCUT2D eigenvalue weighted by molar-refractivity contribution is 5.82. The minimum Gasteiger partial charge on any atom is -0.389 e. The van der Waals surface area contributed by atoms with Crippen LogP contribution in [0.15, 0.2) is 0 Å². The van der Waals surface area contributed by atoms with Crippen LogP contribution in [0.3, 0.4) is 0 Å². The van der Waals surface area contributed by atoms with Crippen LogP contribution < -0.4 is 11.1 Å². The Labute approximate surface area is 91.0 Å². The molecule has 0 fully saturated rings. The number of aliphatic hydroxyl groups excluding tert-OH is 1. The standard InChI is InChI=1S/C10H22N2O3/c1-10(2,3)8(11)9(14)12-5-7(13)6-15-4/h7-8,13H,5-6,11H2,1-4H3,(H,12,14)/t7?,8-/m0/s1. The fourth-order valence-corrected chi connectivity index (χ4v) is 0.973. The normalized spacial score (nSPS) is 15.9. The van der Waals surface area contributed by atoms with Crippen molar-refractivity contribution < 1.29 is 14.6 Å². The summed E-state index contributed by atoms with van der Waals surface area (Å²) in [6, 6.07) is -0.577. The van der Waals surface area contributed by atoms with Crippen LogP contribution in [0, 0.1) is 5.41 Å². The molecule has 0 bridgehead atoms. The number of hydrogen-bond acceptors (Lipinski definition) is 4. The first-order chi connectivity index (χ1) is 6.79. The van der Waals surface area contributed by atoms with E-state index in [1.165, 1.54) is 7.11 Å². The van der Waals surface area contributed by atoms with Crippen LogP contribution in [-0.2, 0) is 9.53 Å². The first-order valence-electron chi connectivity index (χ1n) is 4.99. The SMILES string of the molecule is COCC(O)CNC(=O)[C@H](N)C(C)(C)C. The number of ether oxygens (including phenoxy) is 1. The fraction of sp³-hybridized carbons (Fsp3) is 0.900. The van der Waals surface area contributed by atoms with Crippen LogP contribution in [0.25, 0.3) is 0 Å². The molecule has 0 aliphatic heterocycles. The second kappa shape index (κ2) is 6.05. The summed E-state index contributed by atoms with van der Waals surface area (Å²) in [5.41, 5.74) is 5.45. The molecule has 0 saturated carbocycles.